The summed E-state index contributed by atoms with van der Waals surface area (Å²) in [4.78, 5) is 9.45. The van der Waals surface area contributed by atoms with E-state index in [4.69, 9.17) is 9.40 Å². The molecule has 3 heteroatoms. The van der Waals surface area contributed by atoms with E-state index in [9.17, 15) is 0 Å². The Kier molecular flexibility index (Phi) is 5.96. The van der Waals surface area contributed by atoms with Crippen LogP contribution in [-0.4, -0.2) is 9.97 Å². The molecule has 0 N–H and O–H groups in total. The van der Waals surface area contributed by atoms with E-state index < -0.39 is 0 Å². The van der Waals surface area contributed by atoms with E-state index in [0.717, 1.165) is 66.0 Å². The van der Waals surface area contributed by atoms with Crippen LogP contribution in [0.4, 0.5) is 0 Å². The van der Waals surface area contributed by atoms with Gasteiger partial charge in [0, 0.05) is 33.9 Å². The van der Waals surface area contributed by atoms with Crippen LogP contribution in [0.5, 0.6) is 0 Å². The zero-order valence-electron chi connectivity index (χ0n) is 27.5. The molecule has 0 atom stereocenters. The Morgan fingerprint density at radius 1 is 0.333 bits per heavy atom. The summed E-state index contributed by atoms with van der Waals surface area (Å²) in [5.74, 6) is 0. The number of benzene rings is 8. The van der Waals surface area contributed by atoms with Crippen molar-refractivity contribution >= 4 is 76.1 Å². The van der Waals surface area contributed by atoms with E-state index in [-0.39, 0.29) is 0 Å². The highest BCUT2D eigenvalue weighted by Crippen LogP contribution is 2.42. The van der Waals surface area contributed by atoms with Crippen molar-refractivity contribution in [3.05, 3.63) is 170 Å². The average molecular weight is 649 g/mol. The summed E-state index contributed by atoms with van der Waals surface area (Å²) in [7, 11) is 0. The molecule has 3 heterocycles. The molecule has 8 aromatic carbocycles. The first-order valence-electron chi connectivity index (χ1n) is 17.3. The van der Waals surface area contributed by atoms with Gasteiger partial charge in [-0.15, -0.1) is 0 Å². The molecule has 0 saturated carbocycles. The molecule has 11 rings (SSSR count). The van der Waals surface area contributed by atoms with Crippen molar-refractivity contribution in [1.29, 1.82) is 0 Å². The van der Waals surface area contributed by atoms with Crippen molar-refractivity contribution in [1.82, 2.24) is 9.97 Å². The molecule has 0 fully saturated rings. The number of fused-ring (bicyclic) bond motifs is 12. The quantitative estimate of drug-likeness (QED) is 0.179. The Morgan fingerprint density at radius 2 is 0.922 bits per heavy atom. The van der Waals surface area contributed by atoms with E-state index in [0.29, 0.717) is 0 Å². The molecule has 51 heavy (non-hydrogen) atoms. The minimum Gasteiger partial charge on any atom is -0.456 e. The van der Waals surface area contributed by atoms with Gasteiger partial charge in [0.15, 0.2) is 0 Å². The van der Waals surface area contributed by atoms with Crippen LogP contribution in [0.15, 0.2) is 175 Å². The Balaban J connectivity index is 1.08. The Labute approximate surface area is 293 Å². The standard InChI is InChI=1S/C48H28N2O/c1-2-14-36-34(12-1)35-13-3-4-15-37(35)41-26-31(19-21-38(36)41)29-9-5-10-30(25-29)32-20-22-44-43(27-32)46-39(16-6-18-45(46)51-44)42-28-33-11-7-23-49-47(33)48-40(42)17-8-24-50-48/h1-28H. The molecule has 0 bridgehead atoms. The summed E-state index contributed by atoms with van der Waals surface area (Å²) < 4.78 is 6.48. The molecule has 3 aromatic heterocycles. The second-order valence-electron chi connectivity index (χ2n) is 13.3. The average Bonchev–Trinajstić information content (AvgIpc) is 3.59. The van der Waals surface area contributed by atoms with Crippen molar-refractivity contribution in [3.8, 4) is 33.4 Å². The zero-order chi connectivity index (χ0) is 33.5. The molecule has 0 aliphatic carbocycles. The number of hydrogen-bond acceptors (Lipinski definition) is 3. The first kappa shape index (κ1) is 28.0. The second kappa shape index (κ2) is 10.8. The highest BCUT2D eigenvalue weighted by molar-refractivity contribution is 6.26. The topological polar surface area (TPSA) is 38.9 Å². The largest absolute Gasteiger partial charge is 0.456 e. The van der Waals surface area contributed by atoms with E-state index in [2.05, 4.69) is 151 Å². The molecular weight excluding hydrogens is 621 g/mol. The third-order valence-corrected chi connectivity index (χ3v) is 10.5. The highest BCUT2D eigenvalue weighted by Gasteiger charge is 2.18. The second-order valence-corrected chi connectivity index (χ2v) is 13.3. The molecule has 0 radical (unpaired) electrons. The van der Waals surface area contributed by atoms with Crippen molar-refractivity contribution < 1.29 is 4.42 Å². The molecule has 0 amide bonds. The van der Waals surface area contributed by atoms with Gasteiger partial charge in [0.1, 0.15) is 11.2 Å². The highest BCUT2D eigenvalue weighted by atomic mass is 16.3. The first-order valence-corrected chi connectivity index (χ1v) is 17.3. The van der Waals surface area contributed by atoms with Gasteiger partial charge in [0.25, 0.3) is 0 Å². The fourth-order valence-corrected chi connectivity index (χ4v) is 8.20. The van der Waals surface area contributed by atoms with E-state index in [1.54, 1.807) is 0 Å². The van der Waals surface area contributed by atoms with Crippen LogP contribution in [0, 0.1) is 0 Å². The summed E-state index contributed by atoms with van der Waals surface area (Å²) in [6.07, 6.45) is 3.68. The Hall–Kier alpha value is -6.84. The molecule has 0 aliphatic heterocycles. The number of pyridine rings is 2. The monoisotopic (exact) mass is 648 g/mol. The Morgan fingerprint density at radius 3 is 1.69 bits per heavy atom. The van der Waals surface area contributed by atoms with Crippen molar-refractivity contribution in [2.45, 2.75) is 0 Å². The normalized spacial score (nSPS) is 11.9. The van der Waals surface area contributed by atoms with E-state index in [1.807, 2.05) is 24.5 Å². The lowest BCUT2D eigenvalue weighted by Crippen LogP contribution is -1.89. The number of nitrogens with zero attached hydrogens (tertiary/aromatic N) is 2. The van der Waals surface area contributed by atoms with Gasteiger partial charge in [0.05, 0.1) is 11.0 Å². The van der Waals surface area contributed by atoms with Crippen LogP contribution in [0.1, 0.15) is 0 Å². The lowest BCUT2D eigenvalue weighted by atomic mass is 9.91. The predicted molar refractivity (Wildman–Crippen MR) is 213 cm³/mol. The van der Waals surface area contributed by atoms with Gasteiger partial charge in [-0.05, 0) is 114 Å². The maximum absolute atomic E-state index is 6.48. The summed E-state index contributed by atoms with van der Waals surface area (Å²) in [6.45, 7) is 0. The number of aromatic nitrogens is 2. The van der Waals surface area contributed by atoms with Crippen LogP contribution in [-0.2, 0) is 0 Å². The number of furan rings is 1. The summed E-state index contributed by atoms with van der Waals surface area (Å²) >= 11 is 0. The van der Waals surface area contributed by atoms with Crippen molar-refractivity contribution in [2.75, 3.05) is 0 Å². The fraction of sp³-hybridized carbons (Fsp3) is 0. The minimum atomic E-state index is 0.868. The smallest absolute Gasteiger partial charge is 0.136 e. The molecule has 0 saturated heterocycles. The Bertz CT molecular complexity index is 3170. The van der Waals surface area contributed by atoms with Crippen LogP contribution in [0.25, 0.3) is 109 Å². The van der Waals surface area contributed by atoms with Crippen LogP contribution in [0.3, 0.4) is 0 Å². The molecule has 3 nitrogen and oxygen atoms in total. The number of hydrogen-bond donors (Lipinski definition) is 0. The minimum absolute atomic E-state index is 0.868. The SMILES string of the molecule is c1cc(-c2ccc3c4ccccc4c4ccccc4c3c2)cc(-c2ccc3oc4cccc(-c5cc6cccnc6c6ncccc56)c4c3c2)c1. The summed E-state index contributed by atoms with van der Waals surface area (Å²) in [6, 6.07) is 56.7. The first-order chi connectivity index (χ1) is 25.3. The molecular formula is C48H28N2O. The predicted octanol–water partition coefficient (Wildman–Crippen LogP) is 13.1. The van der Waals surface area contributed by atoms with Gasteiger partial charge < -0.3 is 4.42 Å². The lowest BCUT2D eigenvalue weighted by Gasteiger charge is -2.12. The maximum Gasteiger partial charge on any atom is 0.136 e. The molecule has 236 valence electrons. The van der Waals surface area contributed by atoms with Gasteiger partial charge in [-0.2, -0.15) is 0 Å². The van der Waals surface area contributed by atoms with Gasteiger partial charge in [-0.1, -0.05) is 109 Å². The van der Waals surface area contributed by atoms with Gasteiger partial charge >= 0.3 is 0 Å². The summed E-state index contributed by atoms with van der Waals surface area (Å²) in [5, 5.41) is 12.0. The molecule has 11 aromatic rings. The lowest BCUT2D eigenvalue weighted by molar-refractivity contribution is 0.669. The van der Waals surface area contributed by atoms with Gasteiger partial charge in [-0.3, -0.25) is 9.97 Å². The van der Waals surface area contributed by atoms with Gasteiger partial charge in [0.2, 0.25) is 0 Å². The van der Waals surface area contributed by atoms with Crippen LogP contribution < -0.4 is 0 Å². The third kappa shape index (κ3) is 4.25. The number of rotatable bonds is 3. The molecule has 0 unspecified atom stereocenters. The molecule has 0 aliphatic rings. The summed E-state index contributed by atoms with van der Waals surface area (Å²) in [5.41, 5.74) is 10.5. The zero-order valence-corrected chi connectivity index (χ0v) is 27.5. The van der Waals surface area contributed by atoms with Gasteiger partial charge in [-0.25, -0.2) is 0 Å². The van der Waals surface area contributed by atoms with E-state index >= 15 is 0 Å². The van der Waals surface area contributed by atoms with Crippen molar-refractivity contribution in [3.63, 3.8) is 0 Å². The molecule has 0 spiro atoms. The van der Waals surface area contributed by atoms with Crippen LogP contribution >= 0.6 is 0 Å². The van der Waals surface area contributed by atoms with Crippen LogP contribution in [0.2, 0.25) is 0 Å². The van der Waals surface area contributed by atoms with Crippen molar-refractivity contribution in [2.24, 2.45) is 0 Å². The third-order valence-electron chi connectivity index (χ3n) is 10.5. The fourth-order valence-electron chi connectivity index (χ4n) is 8.20. The maximum atomic E-state index is 6.48. The van der Waals surface area contributed by atoms with E-state index in [1.165, 1.54) is 43.4 Å².